The van der Waals surface area contributed by atoms with E-state index in [1.54, 1.807) is 23.7 Å². The Kier molecular flexibility index (Phi) is 4.69. The van der Waals surface area contributed by atoms with Crippen LogP contribution >= 0.6 is 11.3 Å². The lowest BCUT2D eigenvalue weighted by Gasteiger charge is -2.12. The molecule has 0 aliphatic heterocycles. The molecule has 2 rings (SSSR count). The average molecular weight is 300 g/mol. The number of nitrogens with one attached hydrogen (secondary N) is 1. The van der Waals surface area contributed by atoms with Gasteiger partial charge in [0.25, 0.3) is 6.43 Å². The second kappa shape index (κ2) is 6.30. The van der Waals surface area contributed by atoms with Gasteiger partial charge >= 0.3 is 0 Å². The molecule has 4 nitrogen and oxygen atoms in total. The zero-order chi connectivity index (χ0) is 14.7. The molecule has 0 saturated carbocycles. The van der Waals surface area contributed by atoms with Crippen LogP contribution < -0.4 is 5.32 Å². The fraction of sp³-hybridized carbons (Fsp3) is 0.538. The Balaban J connectivity index is 2.05. The molecular formula is C13H18F2N4S. The van der Waals surface area contributed by atoms with Crippen molar-refractivity contribution in [2.75, 3.05) is 5.32 Å². The maximum absolute atomic E-state index is 12.3. The van der Waals surface area contributed by atoms with Crippen LogP contribution in [0.2, 0.25) is 0 Å². The van der Waals surface area contributed by atoms with Gasteiger partial charge in [-0.15, -0.1) is 11.3 Å². The topological polar surface area (TPSA) is 42.7 Å². The third-order valence-electron chi connectivity index (χ3n) is 2.91. The molecule has 0 aromatic carbocycles. The third kappa shape index (κ3) is 3.53. The van der Waals surface area contributed by atoms with Gasteiger partial charge in [-0.3, -0.25) is 4.68 Å². The number of rotatable bonds is 6. The average Bonchev–Trinajstić information content (AvgIpc) is 2.95. The minimum atomic E-state index is -2.39. The molecule has 2 heterocycles. The van der Waals surface area contributed by atoms with E-state index in [-0.39, 0.29) is 12.6 Å². The number of nitrogens with zero attached hydrogens (tertiary/aromatic N) is 3. The molecule has 110 valence electrons. The molecule has 1 N–H and O–H groups in total. The van der Waals surface area contributed by atoms with E-state index in [2.05, 4.69) is 22.3 Å². The first-order valence-corrected chi connectivity index (χ1v) is 7.34. The highest BCUT2D eigenvalue weighted by Gasteiger charge is 2.14. The lowest BCUT2D eigenvalue weighted by atomic mass is 10.2. The Morgan fingerprint density at radius 2 is 2.20 bits per heavy atom. The lowest BCUT2D eigenvalue weighted by Crippen LogP contribution is -2.07. The predicted octanol–water partition coefficient (Wildman–Crippen LogP) is 3.65. The summed E-state index contributed by atoms with van der Waals surface area (Å²) in [6, 6.07) is 0.0806. The largest absolute Gasteiger partial charge is 0.375 e. The molecule has 0 aliphatic rings. The summed E-state index contributed by atoms with van der Waals surface area (Å²) in [5.74, 6) is 0. The van der Waals surface area contributed by atoms with Crippen LogP contribution in [0.3, 0.4) is 0 Å². The van der Waals surface area contributed by atoms with Gasteiger partial charge in [-0.25, -0.2) is 13.8 Å². The highest BCUT2D eigenvalue weighted by atomic mass is 32.1. The van der Waals surface area contributed by atoms with Crippen molar-refractivity contribution >= 4 is 17.0 Å². The van der Waals surface area contributed by atoms with E-state index >= 15 is 0 Å². The molecule has 0 bridgehead atoms. The Bertz CT molecular complexity index is 564. The SMILES string of the molecule is CCc1nc(C)c([C@@H](C)Nc2cnn(CC(F)F)c2)s1. The number of aromatic nitrogens is 3. The van der Waals surface area contributed by atoms with Gasteiger partial charge in [0.15, 0.2) is 0 Å². The summed E-state index contributed by atoms with van der Waals surface area (Å²) >= 11 is 1.68. The van der Waals surface area contributed by atoms with E-state index in [0.29, 0.717) is 0 Å². The number of hydrogen-bond acceptors (Lipinski definition) is 4. The van der Waals surface area contributed by atoms with Crippen molar-refractivity contribution in [2.45, 2.75) is 46.2 Å². The van der Waals surface area contributed by atoms with E-state index in [1.807, 2.05) is 13.8 Å². The fourth-order valence-corrected chi connectivity index (χ4v) is 3.02. The van der Waals surface area contributed by atoms with Gasteiger partial charge < -0.3 is 5.32 Å². The monoisotopic (exact) mass is 300 g/mol. The van der Waals surface area contributed by atoms with Crippen molar-refractivity contribution in [3.8, 4) is 0 Å². The molecule has 0 aliphatic carbocycles. The molecule has 0 amide bonds. The Morgan fingerprint density at radius 1 is 1.45 bits per heavy atom. The molecule has 2 aromatic rings. The van der Waals surface area contributed by atoms with Gasteiger partial charge in [0, 0.05) is 11.1 Å². The van der Waals surface area contributed by atoms with Gasteiger partial charge in [0.1, 0.15) is 6.54 Å². The second-order valence-electron chi connectivity index (χ2n) is 4.62. The highest BCUT2D eigenvalue weighted by molar-refractivity contribution is 7.11. The van der Waals surface area contributed by atoms with Crippen LogP contribution in [0.4, 0.5) is 14.5 Å². The van der Waals surface area contributed by atoms with Gasteiger partial charge in [0.2, 0.25) is 0 Å². The first kappa shape index (κ1) is 14.9. The summed E-state index contributed by atoms with van der Waals surface area (Å²) < 4.78 is 25.8. The van der Waals surface area contributed by atoms with E-state index < -0.39 is 6.43 Å². The van der Waals surface area contributed by atoms with Crippen molar-refractivity contribution in [1.29, 1.82) is 0 Å². The number of hydrogen-bond donors (Lipinski definition) is 1. The first-order valence-electron chi connectivity index (χ1n) is 6.53. The van der Waals surface area contributed by atoms with Crippen LogP contribution in [0.15, 0.2) is 12.4 Å². The minimum Gasteiger partial charge on any atom is -0.375 e. The molecule has 20 heavy (non-hydrogen) atoms. The van der Waals surface area contributed by atoms with Gasteiger partial charge in [0.05, 0.1) is 28.6 Å². The third-order valence-corrected chi connectivity index (χ3v) is 4.40. The Morgan fingerprint density at radius 3 is 2.80 bits per heavy atom. The molecular weight excluding hydrogens is 282 g/mol. The Labute approximate surface area is 120 Å². The molecule has 0 radical (unpaired) electrons. The summed E-state index contributed by atoms with van der Waals surface area (Å²) in [5.41, 5.74) is 1.76. The molecule has 7 heteroatoms. The van der Waals surface area contributed by atoms with Gasteiger partial charge in [-0.05, 0) is 20.3 Å². The summed E-state index contributed by atoms with van der Waals surface area (Å²) in [5, 5.41) is 8.29. The van der Waals surface area contributed by atoms with Crippen LogP contribution in [0.1, 0.15) is 35.5 Å². The summed E-state index contributed by atoms with van der Waals surface area (Å²) in [4.78, 5) is 5.66. The van der Waals surface area contributed by atoms with Crippen molar-refractivity contribution in [2.24, 2.45) is 0 Å². The maximum Gasteiger partial charge on any atom is 0.257 e. The van der Waals surface area contributed by atoms with Crippen LogP contribution in [0.5, 0.6) is 0 Å². The van der Waals surface area contributed by atoms with E-state index in [4.69, 9.17) is 0 Å². The van der Waals surface area contributed by atoms with Gasteiger partial charge in [-0.1, -0.05) is 6.92 Å². The number of aryl methyl sites for hydroxylation is 2. The van der Waals surface area contributed by atoms with Crippen LogP contribution in [-0.4, -0.2) is 21.2 Å². The van der Waals surface area contributed by atoms with Gasteiger partial charge in [-0.2, -0.15) is 5.10 Å². The second-order valence-corrected chi connectivity index (χ2v) is 5.73. The molecule has 2 aromatic heterocycles. The normalized spacial score (nSPS) is 12.9. The summed E-state index contributed by atoms with van der Waals surface area (Å²) in [6.07, 6.45) is 1.69. The standard InChI is InChI=1S/C13H18F2N4S/c1-4-12-18-9(3)13(20-12)8(2)17-10-5-16-19(6-10)7-11(14)15/h5-6,8,11,17H,4,7H2,1-3H3/t8-/m1/s1. The highest BCUT2D eigenvalue weighted by Crippen LogP contribution is 2.28. The van der Waals surface area contributed by atoms with Crippen LogP contribution in [0.25, 0.3) is 0 Å². The maximum atomic E-state index is 12.3. The van der Waals surface area contributed by atoms with Crippen molar-refractivity contribution in [3.63, 3.8) is 0 Å². The zero-order valence-electron chi connectivity index (χ0n) is 11.7. The Hall–Kier alpha value is -1.50. The lowest BCUT2D eigenvalue weighted by molar-refractivity contribution is 0.122. The number of halogens is 2. The minimum absolute atomic E-state index is 0.0806. The number of anilines is 1. The number of alkyl halides is 2. The molecule has 0 spiro atoms. The van der Waals surface area contributed by atoms with Crippen molar-refractivity contribution in [3.05, 3.63) is 28.0 Å². The van der Waals surface area contributed by atoms with Crippen LogP contribution in [-0.2, 0) is 13.0 Å². The molecule has 0 saturated heterocycles. The fourth-order valence-electron chi connectivity index (χ4n) is 2.01. The van der Waals surface area contributed by atoms with Crippen molar-refractivity contribution < 1.29 is 8.78 Å². The predicted molar refractivity (Wildman–Crippen MR) is 76.5 cm³/mol. The van der Waals surface area contributed by atoms with Crippen molar-refractivity contribution in [1.82, 2.24) is 14.8 Å². The molecule has 0 fully saturated rings. The number of thiazole rings is 1. The van der Waals surface area contributed by atoms with E-state index in [0.717, 1.165) is 22.8 Å². The summed E-state index contributed by atoms with van der Waals surface area (Å²) in [6.45, 7) is 5.72. The molecule has 0 unspecified atom stereocenters. The smallest absolute Gasteiger partial charge is 0.257 e. The quantitative estimate of drug-likeness (QED) is 0.885. The molecule has 1 atom stereocenters. The zero-order valence-corrected chi connectivity index (χ0v) is 12.5. The first-order chi connectivity index (χ1) is 9.49. The van der Waals surface area contributed by atoms with E-state index in [9.17, 15) is 8.78 Å². The van der Waals surface area contributed by atoms with Crippen LogP contribution in [0, 0.1) is 6.92 Å². The summed E-state index contributed by atoms with van der Waals surface area (Å²) in [7, 11) is 0. The van der Waals surface area contributed by atoms with E-state index in [1.165, 1.54) is 9.56 Å².